The fourth-order valence-corrected chi connectivity index (χ4v) is 1.67. The fourth-order valence-electron chi connectivity index (χ4n) is 1.49. The number of nitrogens with one attached hydrogen (secondary N) is 1. The molecule has 0 spiro atoms. The maximum Gasteiger partial charge on any atom is 0.253 e. The number of carbonyl (C=O) groups is 1. The number of aromatic nitrogens is 1. The SMILES string of the molecule is CCCC(NC(=O)c1cncc(C)c1)C(N)=S. The van der Waals surface area contributed by atoms with Crippen LogP contribution in [0.15, 0.2) is 18.5 Å². The summed E-state index contributed by atoms with van der Waals surface area (Å²) in [7, 11) is 0. The van der Waals surface area contributed by atoms with Crippen LogP contribution in [-0.2, 0) is 0 Å². The zero-order chi connectivity index (χ0) is 12.8. The van der Waals surface area contributed by atoms with Gasteiger partial charge in [-0.3, -0.25) is 9.78 Å². The lowest BCUT2D eigenvalue weighted by Crippen LogP contribution is -2.43. The summed E-state index contributed by atoms with van der Waals surface area (Å²) in [6.07, 6.45) is 4.90. The number of rotatable bonds is 5. The summed E-state index contributed by atoms with van der Waals surface area (Å²) in [5.41, 5.74) is 7.05. The first-order valence-corrected chi connectivity index (χ1v) is 5.97. The number of hydrogen-bond donors (Lipinski definition) is 2. The number of nitrogens with two attached hydrogens (primary N) is 1. The third-order valence-electron chi connectivity index (χ3n) is 2.36. The molecule has 0 aliphatic heterocycles. The van der Waals surface area contributed by atoms with Crippen LogP contribution in [-0.4, -0.2) is 21.9 Å². The highest BCUT2D eigenvalue weighted by Crippen LogP contribution is 2.03. The number of nitrogens with zero attached hydrogens (tertiary/aromatic N) is 1. The maximum atomic E-state index is 11.9. The van der Waals surface area contributed by atoms with Crippen molar-refractivity contribution in [1.29, 1.82) is 0 Å². The molecular formula is C12H17N3OS. The average Bonchev–Trinajstić information content (AvgIpc) is 2.28. The van der Waals surface area contributed by atoms with Gasteiger partial charge in [0.05, 0.1) is 16.6 Å². The van der Waals surface area contributed by atoms with Gasteiger partial charge in [-0.25, -0.2) is 0 Å². The number of aryl methyl sites for hydroxylation is 1. The van der Waals surface area contributed by atoms with Gasteiger partial charge >= 0.3 is 0 Å². The Morgan fingerprint density at radius 3 is 2.82 bits per heavy atom. The Morgan fingerprint density at radius 1 is 1.59 bits per heavy atom. The predicted octanol–water partition coefficient (Wildman–Crippen LogP) is 1.57. The van der Waals surface area contributed by atoms with Gasteiger partial charge in [0.1, 0.15) is 0 Å². The number of carbonyl (C=O) groups excluding carboxylic acids is 1. The molecule has 1 amide bonds. The van der Waals surface area contributed by atoms with E-state index in [0.717, 1.165) is 18.4 Å². The highest BCUT2D eigenvalue weighted by atomic mass is 32.1. The molecule has 1 atom stereocenters. The van der Waals surface area contributed by atoms with Crippen molar-refractivity contribution in [3.63, 3.8) is 0 Å². The van der Waals surface area contributed by atoms with Crippen molar-refractivity contribution in [3.05, 3.63) is 29.6 Å². The summed E-state index contributed by atoms with van der Waals surface area (Å²) < 4.78 is 0. The predicted molar refractivity (Wildman–Crippen MR) is 71.9 cm³/mol. The summed E-state index contributed by atoms with van der Waals surface area (Å²) in [5.74, 6) is -0.188. The lowest BCUT2D eigenvalue weighted by Gasteiger charge is -2.16. The van der Waals surface area contributed by atoms with Crippen molar-refractivity contribution >= 4 is 23.1 Å². The Hall–Kier alpha value is -1.49. The van der Waals surface area contributed by atoms with E-state index < -0.39 is 0 Å². The number of hydrogen-bond acceptors (Lipinski definition) is 3. The molecule has 0 bridgehead atoms. The molecule has 1 aromatic heterocycles. The lowest BCUT2D eigenvalue weighted by atomic mass is 10.1. The van der Waals surface area contributed by atoms with Crippen LogP contribution in [0.3, 0.4) is 0 Å². The van der Waals surface area contributed by atoms with Crippen LogP contribution in [0.5, 0.6) is 0 Å². The molecule has 4 nitrogen and oxygen atoms in total. The van der Waals surface area contributed by atoms with Crippen molar-refractivity contribution in [3.8, 4) is 0 Å². The molecule has 0 fully saturated rings. The van der Waals surface area contributed by atoms with E-state index in [-0.39, 0.29) is 11.9 Å². The van der Waals surface area contributed by atoms with E-state index in [4.69, 9.17) is 18.0 Å². The molecule has 0 aromatic carbocycles. The van der Waals surface area contributed by atoms with Gasteiger partial charge in [-0.2, -0.15) is 0 Å². The molecule has 0 saturated carbocycles. The minimum atomic E-state index is -0.247. The number of amides is 1. The van der Waals surface area contributed by atoms with Gasteiger partial charge < -0.3 is 11.1 Å². The zero-order valence-corrected chi connectivity index (χ0v) is 10.9. The number of pyridine rings is 1. The van der Waals surface area contributed by atoms with Crippen molar-refractivity contribution < 1.29 is 4.79 Å². The van der Waals surface area contributed by atoms with Crippen LogP contribution in [0.25, 0.3) is 0 Å². The highest BCUT2D eigenvalue weighted by molar-refractivity contribution is 7.80. The molecule has 17 heavy (non-hydrogen) atoms. The monoisotopic (exact) mass is 251 g/mol. The van der Waals surface area contributed by atoms with Gasteiger partial charge in [0, 0.05) is 12.4 Å². The van der Waals surface area contributed by atoms with Gasteiger partial charge in [-0.1, -0.05) is 25.6 Å². The highest BCUT2D eigenvalue weighted by Gasteiger charge is 2.15. The first-order valence-electron chi connectivity index (χ1n) is 5.56. The van der Waals surface area contributed by atoms with Gasteiger partial charge in [-0.05, 0) is 25.0 Å². The first kappa shape index (κ1) is 13.6. The second-order valence-electron chi connectivity index (χ2n) is 3.97. The number of thiocarbonyl (C=S) groups is 1. The topological polar surface area (TPSA) is 68.0 Å². The summed E-state index contributed by atoms with van der Waals surface area (Å²) in [6.45, 7) is 3.91. The van der Waals surface area contributed by atoms with Crippen LogP contribution in [0.1, 0.15) is 35.7 Å². The summed E-state index contributed by atoms with van der Waals surface area (Å²) in [4.78, 5) is 16.2. The molecule has 1 rings (SSSR count). The van der Waals surface area contributed by atoms with E-state index in [1.807, 2.05) is 13.8 Å². The molecule has 92 valence electrons. The van der Waals surface area contributed by atoms with E-state index in [2.05, 4.69) is 10.3 Å². The Bertz CT molecular complexity index is 420. The van der Waals surface area contributed by atoms with Crippen molar-refractivity contribution in [2.75, 3.05) is 0 Å². The van der Waals surface area contributed by atoms with Crippen LogP contribution >= 0.6 is 12.2 Å². The fraction of sp³-hybridized carbons (Fsp3) is 0.417. The second-order valence-corrected chi connectivity index (χ2v) is 4.44. The Kier molecular flexibility index (Phi) is 5.03. The Labute approximate surface area is 107 Å². The van der Waals surface area contributed by atoms with E-state index >= 15 is 0 Å². The molecule has 5 heteroatoms. The molecule has 1 heterocycles. The summed E-state index contributed by atoms with van der Waals surface area (Å²) >= 11 is 4.92. The van der Waals surface area contributed by atoms with E-state index in [1.54, 1.807) is 12.3 Å². The van der Waals surface area contributed by atoms with Crippen LogP contribution in [0.4, 0.5) is 0 Å². The van der Waals surface area contributed by atoms with E-state index in [0.29, 0.717) is 10.6 Å². The van der Waals surface area contributed by atoms with Crippen LogP contribution in [0, 0.1) is 6.92 Å². The molecule has 0 aliphatic rings. The molecule has 1 unspecified atom stereocenters. The molecular weight excluding hydrogens is 234 g/mol. The maximum absolute atomic E-state index is 11.9. The molecule has 3 N–H and O–H groups in total. The smallest absolute Gasteiger partial charge is 0.253 e. The van der Waals surface area contributed by atoms with Crippen molar-refractivity contribution in [2.24, 2.45) is 5.73 Å². The molecule has 0 saturated heterocycles. The quantitative estimate of drug-likeness (QED) is 0.780. The third-order valence-corrected chi connectivity index (χ3v) is 2.65. The standard InChI is InChI=1S/C12H17N3OS/c1-3-4-10(11(13)17)15-12(16)9-5-8(2)6-14-7-9/h5-7,10H,3-4H2,1-2H3,(H2,13,17)(H,15,16). The summed E-state index contributed by atoms with van der Waals surface area (Å²) in [5, 5.41) is 2.82. The van der Waals surface area contributed by atoms with E-state index in [9.17, 15) is 4.79 Å². The van der Waals surface area contributed by atoms with Crippen molar-refractivity contribution in [2.45, 2.75) is 32.7 Å². The largest absolute Gasteiger partial charge is 0.392 e. The zero-order valence-electron chi connectivity index (χ0n) is 10.1. The van der Waals surface area contributed by atoms with E-state index in [1.165, 1.54) is 6.20 Å². The Morgan fingerprint density at radius 2 is 2.29 bits per heavy atom. The minimum Gasteiger partial charge on any atom is -0.392 e. The first-order chi connectivity index (χ1) is 8.04. The molecule has 1 aromatic rings. The summed E-state index contributed by atoms with van der Waals surface area (Å²) in [6, 6.07) is 1.54. The van der Waals surface area contributed by atoms with Crippen LogP contribution in [0.2, 0.25) is 0 Å². The van der Waals surface area contributed by atoms with Crippen LogP contribution < -0.4 is 11.1 Å². The van der Waals surface area contributed by atoms with Gasteiger partial charge in [0.25, 0.3) is 5.91 Å². The Balaban J connectivity index is 2.73. The minimum absolute atomic E-state index is 0.188. The molecule has 0 aliphatic carbocycles. The normalized spacial score (nSPS) is 11.9. The third kappa shape index (κ3) is 4.11. The van der Waals surface area contributed by atoms with Gasteiger partial charge in [-0.15, -0.1) is 0 Å². The van der Waals surface area contributed by atoms with Gasteiger partial charge in [0.15, 0.2) is 0 Å². The van der Waals surface area contributed by atoms with Crippen molar-refractivity contribution in [1.82, 2.24) is 10.3 Å². The van der Waals surface area contributed by atoms with Gasteiger partial charge in [0.2, 0.25) is 0 Å². The lowest BCUT2D eigenvalue weighted by molar-refractivity contribution is 0.0945. The second kappa shape index (κ2) is 6.30. The average molecular weight is 251 g/mol. The molecule has 0 radical (unpaired) electrons.